The third-order valence-electron chi connectivity index (χ3n) is 3.33. The first kappa shape index (κ1) is 13.2. The van der Waals surface area contributed by atoms with Crippen LogP contribution in [0.3, 0.4) is 0 Å². The van der Waals surface area contributed by atoms with E-state index < -0.39 is 0 Å². The van der Waals surface area contributed by atoms with Gasteiger partial charge in [0, 0.05) is 22.3 Å². The van der Waals surface area contributed by atoms with Gasteiger partial charge in [0.25, 0.3) is 0 Å². The van der Waals surface area contributed by atoms with Crippen molar-refractivity contribution in [2.75, 3.05) is 7.05 Å². The molecule has 0 spiro atoms. The Bertz CT molecular complexity index is 720. The van der Waals surface area contributed by atoms with Gasteiger partial charge in [-0.15, -0.1) is 0 Å². The van der Waals surface area contributed by atoms with Gasteiger partial charge in [-0.25, -0.2) is 0 Å². The minimum atomic E-state index is 0.0519. The average Bonchev–Trinajstić information content (AvgIpc) is 2.50. The maximum absolute atomic E-state index is 4.50. The fraction of sp³-hybridized carbons (Fsp3) is 0.125. The molecule has 20 heavy (non-hydrogen) atoms. The van der Waals surface area contributed by atoms with Gasteiger partial charge in [0.05, 0.1) is 17.3 Å². The van der Waals surface area contributed by atoms with E-state index in [1.165, 1.54) is 5.56 Å². The lowest BCUT2D eigenvalue weighted by atomic mass is 9.98. The first-order valence-corrected chi connectivity index (χ1v) is 7.21. The molecule has 2 aromatic heterocycles. The van der Waals surface area contributed by atoms with Crippen LogP contribution >= 0.6 is 15.9 Å². The van der Waals surface area contributed by atoms with Gasteiger partial charge in [0.1, 0.15) is 0 Å². The second kappa shape index (κ2) is 5.69. The van der Waals surface area contributed by atoms with E-state index in [0.29, 0.717) is 0 Å². The molecule has 0 saturated heterocycles. The average molecular weight is 328 g/mol. The summed E-state index contributed by atoms with van der Waals surface area (Å²) >= 11 is 3.42. The Hall–Kier alpha value is -1.78. The molecule has 1 atom stereocenters. The molecule has 0 amide bonds. The highest BCUT2D eigenvalue weighted by molar-refractivity contribution is 9.10. The Labute approximate surface area is 126 Å². The summed E-state index contributed by atoms with van der Waals surface area (Å²) < 4.78 is 0.982. The molecule has 0 saturated carbocycles. The van der Waals surface area contributed by atoms with Crippen molar-refractivity contribution >= 4 is 26.8 Å². The molecule has 4 heteroatoms. The molecule has 0 aliphatic heterocycles. The van der Waals surface area contributed by atoms with Crippen molar-refractivity contribution in [2.24, 2.45) is 0 Å². The third-order valence-corrected chi connectivity index (χ3v) is 3.79. The van der Waals surface area contributed by atoms with Crippen molar-refractivity contribution in [1.29, 1.82) is 0 Å². The highest BCUT2D eigenvalue weighted by Crippen LogP contribution is 2.27. The van der Waals surface area contributed by atoms with Crippen LogP contribution in [0.1, 0.15) is 17.3 Å². The van der Waals surface area contributed by atoms with Crippen LogP contribution in [0.25, 0.3) is 10.9 Å². The molecule has 0 bridgehead atoms. The highest BCUT2D eigenvalue weighted by atomic mass is 79.9. The maximum Gasteiger partial charge on any atom is 0.0755 e. The summed E-state index contributed by atoms with van der Waals surface area (Å²) in [5.41, 5.74) is 3.18. The summed E-state index contributed by atoms with van der Waals surface area (Å²) in [5.74, 6) is 0. The van der Waals surface area contributed by atoms with Crippen LogP contribution < -0.4 is 5.32 Å². The molecule has 3 rings (SSSR count). The zero-order chi connectivity index (χ0) is 13.9. The minimum Gasteiger partial charge on any atom is -0.308 e. The molecule has 2 heterocycles. The standard InChI is InChI=1S/C16H14BrN3/c1-18-16(15-8-7-11(17)10-20-15)13-4-2-6-14-12(13)5-3-9-19-14/h2-10,16,18H,1H3. The van der Waals surface area contributed by atoms with Crippen LogP contribution in [-0.4, -0.2) is 17.0 Å². The van der Waals surface area contributed by atoms with Crippen molar-refractivity contribution < 1.29 is 0 Å². The molecule has 3 nitrogen and oxygen atoms in total. The molecule has 3 aromatic rings. The molecule has 1 N–H and O–H groups in total. The predicted octanol–water partition coefficient (Wildman–Crippen LogP) is 3.70. The van der Waals surface area contributed by atoms with Crippen molar-refractivity contribution in [1.82, 2.24) is 15.3 Å². The zero-order valence-corrected chi connectivity index (χ0v) is 12.6. The predicted molar refractivity (Wildman–Crippen MR) is 84.6 cm³/mol. The number of halogens is 1. The lowest BCUT2D eigenvalue weighted by Crippen LogP contribution is -2.19. The van der Waals surface area contributed by atoms with Crippen LogP contribution in [0, 0.1) is 0 Å². The first-order valence-electron chi connectivity index (χ1n) is 6.42. The van der Waals surface area contributed by atoms with Gasteiger partial charge in [-0.2, -0.15) is 0 Å². The lowest BCUT2D eigenvalue weighted by Gasteiger charge is -2.18. The van der Waals surface area contributed by atoms with Crippen LogP contribution in [0.15, 0.2) is 59.3 Å². The fourth-order valence-electron chi connectivity index (χ4n) is 2.40. The van der Waals surface area contributed by atoms with E-state index >= 15 is 0 Å². The Morgan fingerprint density at radius 2 is 1.95 bits per heavy atom. The van der Waals surface area contributed by atoms with Crippen LogP contribution in [0.5, 0.6) is 0 Å². The van der Waals surface area contributed by atoms with E-state index in [9.17, 15) is 0 Å². The number of benzene rings is 1. The first-order chi connectivity index (χ1) is 9.79. The number of pyridine rings is 2. The van der Waals surface area contributed by atoms with Gasteiger partial charge in [-0.3, -0.25) is 9.97 Å². The monoisotopic (exact) mass is 327 g/mol. The number of hydrogen-bond acceptors (Lipinski definition) is 3. The van der Waals surface area contributed by atoms with E-state index in [1.807, 2.05) is 49.8 Å². The number of nitrogens with zero attached hydrogens (tertiary/aromatic N) is 2. The Morgan fingerprint density at radius 3 is 2.70 bits per heavy atom. The van der Waals surface area contributed by atoms with Crippen LogP contribution in [0.2, 0.25) is 0 Å². The highest BCUT2D eigenvalue weighted by Gasteiger charge is 2.15. The van der Waals surface area contributed by atoms with Crippen molar-refractivity contribution in [3.63, 3.8) is 0 Å². The quantitative estimate of drug-likeness (QED) is 0.797. The number of hydrogen-bond donors (Lipinski definition) is 1. The van der Waals surface area contributed by atoms with Crippen molar-refractivity contribution in [3.8, 4) is 0 Å². The summed E-state index contributed by atoms with van der Waals surface area (Å²) in [7, 11) is 1.95. The van der Waals surface area contributed by atoms with E-state index in [2.05, 4.69) is 43.3 Å². The maximum atomic E-state index is 4.50. The second-order valence-corrected chi connectivity index (χ2v) is 5.46. The fourth-order valence-corrected chi connectivity index (χ4v) is 2.63. The topological polar surface area (TPSA) is 37.8 Å². The Kier molecular flexibility index (Phi) is 3.76. The molecule has 0 fully saturated rings. The summed E-state index contributed by atoms with van der Waals surface area (Å²) in [5, 5.41) is 4.49. The van der Waals surface area contributed by atoms with Crippen molar-refractivity contribution in [2.45, 2.75) is 6.04 Å². The van der Waals surface area contributed by atoms with Gasteiger partial charge >= 0.3 is 0 Å². The van der Waals surface area contributed by atoms with E-state index in [1.54, 1.807) is 0 Å². The number of aromatic nitrogens is 2. The SMILES string of the molecule is CNC(c1ccc(Br)cn1)c1cccc2ncccc12. The molecule has 1 aromatic carbocycles. The third kappa shape index (κ3) is 2.44. The Morgan fingerprint density at radius 1 is 1.05 bits per heavy atom. The summed E-state index contributed by atoms with van der Waals surface area (Å²) in [4.78, 5) is 8.91. The number of rotatable bonds is 3. The van der Waals surface area contributed by atoms with Crippen LogP contribution in [0.4, 0.5) is 0 Å². The summed E-state index contributed by atoms with van der Waals surface area (Å²) in [6.07, 6.45) is 3.64. The van der Waals surface area contributed by atoms with E-state index in [0.717, 1.165) is 21.1 Å². The minimum absolute atomic E-state index is 0.0519. The molecule has 0 aliphatic carbocycles. The van der Waals surface area contributed by atoms with Gasteiger partial charge in [-0.1, -0.05) is 18.2 Å². The number of nitrogens with one attached hydrogen (secondary N) is 1. The van der Waals surface area contributed by atoms with Crippen LogP contribution in [-0.2, 0) is 0 Å². The molecule has 0 aliphatic rings. The molecule has 1 unspecified atom stereocenters. The lowest BCUT2D eigenvalue weighted by molar-refractivity contribution is 0.675. The molecule has 100 valence electrons. The van der Waals surface area contributed by atoms with Gasteiger partial charge in [0.2, 0.25) is 0 Å². The molecule has 0 radical (unpaired) electrons. The molecular weight excluding hydrogens is 314 g/mol. The largest absolute Gasteiger partial charge is 0.308 e. The van der Waals surface area contributed by atoms with E-state index in [-0.39, 0.29) is 6.04 Å². The second-order valence-electron chi connectivity index (χ2n) is 4.54. The normalized spacial score (nSPS) is 12.5. The summed E-state index contributed by atoms with van der Waals surface area (Å²) in [6, 6.07) is 14.3. The van der Waals surface area contributed by atoms with Crippen molar-refractivity contribution in [3.05, 3.63) is 70.6 Å². The van der Waals surface area contributed by atoms with Gasteiger partial charge in [0.15, 0.2) is 0 Å². The van der Waals surface area contributed by atoms with Gasteiger partial charge in [-0.05, 0) is 52.8 Å². The smallest absolute Gasteiger partial charge is 0.0755 e. The Balaban J connectivity index is 2.14. The zero-order valence-electron chi connectivity index (χ0n) is 11.0. The van der Waals surface area contributed by atoms with Gasteiger partial charge < -0.3 is 5.32 Å². The van der Waals surface area contributed by atoms with E-state index in [4.69, 9.17) is 0 Å². The number of fused-ring (bicyclic) bond motifs is 1. The molecular formula is C16H14BrN3. The summed E-state index contributed by atoms with van der Waals surface area (Å²) in [6.45, 7) is 0.